The normalized spacial score (nSPS) is 13.0. The second kappa shape index (κ2) is 6.75. The van der Waals surface area contributed by atoms with Crippen molar-refractivity contribution in [3.63, 3.8) is 0 Å². The first-order valence-electron chi connectivity index (χ1n) is 6.44. The summed E-state index contributed by atoms with van der Waals surface area (Å²) in [6.45, 7) is 6.62. The SMILES string of the molecule is CCCNCC(C)CSc1nnc2ccccn12. The molecule has 0 spiro atoms. The van der Waals surface area contributed by atoms with Crippen LogP contribution in [0.5, 0.6) is 0 Å². The van der Waals surface area contributed by atoms with Crippen molar-refractivity contribution in [1.29, 1.82) is 0 Å². The number of fused-ring (bicyclic) bond motifs is 1. The maximum absolute atomic E-state index is 4.22. The van der Waals surface area contributed by atoms with Crippen molar-refractivity contribution in [2.45, 2.75) is 25.4 Å². The van der Waals surface area contributed by atoms with Gasteiger partial charge in [-0.3, -0.25) is 4.40 Å². The molecule has 2 rings (SSSR count). The molecule has 2 aromatic rings. The molecule has 18 heavy (non-hydrogen) atoms. The van der Waals surface area contributed by atoms with Crippen LogP contribution < -0.4 is 5.32 Å². The third kappa shape index (κ3) is 3.46. The average molecular weight is 264 g/mol. The van der Waals surface area contributed by atoms with E-state index >= 15 is 0 Å². The van der Waals surface area contributed by atoms with Gasteiger partial charge in [-0.15, -0.1) is 10.2 Å². The van der Waals surface area contributed by atoms with Crippen LogP contribution in [0.2, 0.25) is 0 Å². The Kier molecular flexibility index (Phi) is 5.01. The van der Waals surface area contributed by atoms with Crippen LogP contribution in [0.1, 0.15) is 20.3 Å². The molecular weight excluding hydrogens is 244 g/mol. The quantitative estimate of drug-likeness (QED) is 0.616. The lowest BCUT2D eigenvalue weighted by Crippen LogP contribution is -2.23. The van der Waals surface area contributed by atoms with E-state index in [2.05, 4.69) is 29.4 Å². The Labute approximate surface area is 112 Å². The van der Waals surface area contributed by atoms with Gasteiger partial charge in [0.15, 0.2) is 10.8 Å². The number of hydrogen-bond acceptors (Lipinski definition) is 4. The van der Waals surface area contributed by atoms with E-state index in [0.717, 1.165) is 29.6 Å². The van der Waals surface area contributed by atoms with Gasteiger partial charge in [0.2, 0.25) is 0 Å². The molecule has 0 aliphatic heterocycles. The molecule has 2 aromatic heterocycles. The second-order valence-electron chi connectivity index (χ2n) is 4.53. The van der Waals surface area contributed by atoms with Crippen molar-refractivity contribution in [3.8, 4) is 0 Å². The van der Waals surface area contributed by atoms with Gasteiger partial charge in [-0.1, -0.05) is 31.7 Å². The maximum atomic E-state index is 4.22. The Balaban J connectivity index is 1.86. The van der Waals surface area contributed by atoms with Gasteiger partial charge in [-0.2, -0.15) is 0 Å². The topological polar surface area (TPSA) is 42.2 Å². The minimum atomic E-state index is 0.637. The summed E-state index contributed by atoms with van der Waals surface area (Å²) in [4.78, 5) is 0. The van der Waals surface area contributed by atoms with Crippen LogP contribution in [0.3, 0.4) is 0 Å². The number of thioether (sulfide) groups is 1. The molecule has 4 nitrogen and oxygen atoms in total. The molecule has 0 bridgehead atoms. The zero-order valence-electron chi connectivity index (χ0n) is 11.0. The van der Waals surface area contributed by atoms with Gasteiger partial charge >= 0.3 is 0 Å². The summed E-state index contributed by atoms with van der Waals surface area (Å²) in [7, 11) is 0. The Hall–Kier alpha value is -1.07. The lowest BCUT2D eigenvalue weighted by molar-refractivity contribution is 0.556. The Bertz CT molecular complexity index is 483. The van der Waals surface area contributed by atoms with Crippen LogP contribution in [0.4, 0.5) is 0 Å². The molecule has 0 aliphatic rings. The molecule has 2 heterocycles. The predicted molar refractivity (Wildman–Crippen MR) is 76.0 cm³/mol. The Morgan fingerprint density at radius 2 is 2.28 bits per heavy atom. The van der Waals surface area contributed by atoms with Crippen LogP contribution >= 0.6 is 11.8 Å². The average Bonchev–Trinajstić information content (AvgIpc) is 2.80. The van der Waals surface area contributed by atoms with E-state index in [1.165, 1.54) is 6.42 Å². The first-order chi connectivity index (χ1) is 8.81. The van der Waals surface area contributed by atoms with Gasteiger partial charge in [0.1, 0.15) is 0 Å². The molecule has 0 saturated heterocycles. The predicted octanol–water partition coefficient (Wildman–Crippen LogP) is 2.46. The van der Waals surface area contributed by atoms with E-state index in [-0.39, 0.29) is 0 Å². The lowest BCUT2D eigenvalue weighted by atomic mass is 10.2. The summed E-state index contributed by atoms with van der Waals surface area (Å²) >= 11 is 1.77. The molecule has 1 N–H and O–H groups in total. The van der Waals surface area contributed by atoms with Crippen LogP contribution in [0.25, 0.3) is 5.65 Å². The Morgan fingerprint density at radius 3 is 3.11 bits per heavy atom. The molecule has 1 unspecified atom stereocenters. The molecule has 0 fully saturated rings. The minimum Gasteiger partial charge on any atom is -0.316 e. The number of rotatable bonds is 7. The fourth-order valence-corrected chi connectivity index (χ4v) is 2.66. The van der Waals surface area contributed by atoms with Gasteiger partial charge in [-0.25, -0.2) is 0 Å². The number of hydrogen-bond donors (Lipinski definition) is 1. The number of pyridine rings is 1. The zero-order chi connectivity index (χ0) is 12.8. The fourth-order valence-electron chi connectivity index (χ4n) is 1.72. The highest BCUT2D eigenvalue weighted by Gasteiger charge is 2.08. The molecule has 1 atom stereocenters. The molecule has 0 aliphatic carbocycles. The molecule has 0 saturated carbocycles. The minimum absolute atomic E-state index is 0.637. The van der Waals surface area contributed by atoms with E-state index in [4.69, 9.17) is 0 Å². The number of aromatic nitrogens is 3. The molecule has 98 valence electrons. The largest absolute Gasteiger partial charge is 0.316 e. The monoisotopic (exact) mass is 264 g/mol. The summed E-state index contributed by atoms with van der Waals surface area (Å²) < 4.78 is 2.04. The van der Waals surface area contributed by atoms with Crippen molar-refractivity contribution in [2.75, 3.05) is 18.8 Å². The highest BCUT2D eigenvalue weighted by atomic mass is 32.2. The first-order valence-corrected chi connectivity index (χ1v) is 7.43. The van der Waals surface area contributed by atoms with Crippen LogP contribution in [0.15, 0.2) is 29.6 Å². The highest BCUT2D eigenvalue weighted by molar-refractivity contribution is 7.99. The third-order valence-electron chi connectivity index (χ3n) is 2.70. The smallest absolute Gasteiger partial charge is 0.195 e. The van der Waals surface area contributed by atoms with Gasteiger partial charge in [0, 0.05) is 11.9 Å². The summed E-state index contributed by atoms with van der Waals surface area (Å²) in [6, 6.07) is 5.96. The summed E-state index contributed by atoms with van der Waals surface area (Å²) in [5.41, 5.74) is 0.914. The number of nitrogens with one attached hydrogen (secondary N) is 1. The van der Waals surface area contributed by atoms with E-state index in [9.17, 15) is 0 Å². The lowest BCUT2D eigenvalue weighted by Gasteiger charge is -2.10. The van der Waals surface area contributed by atoms with Gasteiger partial charge in [-0.05, 0) is 37.6 Å². The van der Waals surface area contributed by atoms with Crippen molar-refractivity contribution in [1.82, 2.24) is 19.9 Å². The Morgan fingerprint density at radius 1 is 1.39 bits per heavy atom. The van der Waals surface area contributed by atoms with Crippen molar-refractivity contribution in [2.24, 2.45) is 5.92 Å². The van der Waals surface area contributed by atoms with Crippen molar-refractivity contribution in [3.05, 3.63) is 24.4 Å². The highest BCUT2D eigenvalue weighted by Crippen LogP contribution is 2.19. The zero-order valence-corrected chi connectivity index (χ0v) is 11.8. The van der Waals surface area contributed by atoms with Gasteiger partial charge in [0.25, 0.3) is 0 Å². The van der Waals surface area contributed by atoms with Crippen LogP contribution in [0, 0.1) is 5.92 Å². The summed E-state index contributed by atoms with van der Waals surface area (Å²) in [5.74, 6) is 1.70. The second-order valence-corrected chi connectivity index (χ2v) is 5.52. The third-order valence-corrected chi connectivity index (χ3v) is 3.97. The molecule has 0 aromatic carbocycles. The van der Waals surface area contributed by atoms with E-state index in [0.29, 0.717) is 5.92 Å². The maximum Gasteiger partial charge on any atom is 0.195 e. The molecule has 0 radical (unpaired) electrons. The molecule has 5 heteroatoms. The van der Waals surface area contributed by atoms with Crippen molar-refractivity contribution >= 4 is 17.4 Å². The van der Waals surface area contributed by atoms with E-state index in [1.54, 1.807) is 11.8 Å². The van der Waals surface area contributed by atoms with E-state index in [1.807, 2.05) is 28.8 Å². The van der Waals surface area contributed by atoms with Crippen LogP contribution in [-0.4, -0.2) is 33.4 Å². The van der Waals surface area contributed by atoms with E-state index < -0.39 is 0 Å². The van der Waals surface area contributed by atoms with Gasteiger partial charge in [0.05, 0.1) is 0 Å². The molecule has 0 amide bonds. The van der Waals surface area contributed by atoms with Crippen molar-refractivity contribution < 1.29 is 0 Å². The van der Waals surface area contributed by atoms with Crippen LogP contribution in [-0.2, 0) is 0 Å². The summed E-state index contributed by atoms with van der Waals surface area (Å²) in [6.07, 6.45) is 3.20. The fraction of sp³-hybridized carbons (Fsp3) is 0.538. The first kappa shape index (κ1) is 13.4. The van der Waals surface area contributed by atoms with Gasteiger partial charge < -0.3 is 5.32 Å². The number of nitrogens with zero attached hydrogens (tertiary/aromatic N) is 3. The standard InChI is InChI=1S/C13H20N4S/c1-3-7-14-9-11(2)10-18-13-16-15-12-6-4-5-8-17(12)13/h4-6,8,11,14H,3,7,9-10H2,1-2H3. The molecular formula is C13H20N4S. The summed E-state index contributed by atoms with van der Waals surface area (Å²) in [5, 5.41) is 12.8.